The molecule has 0 amide bonds. The Kier molecular flexibility index (Phi) is 3.95. The predicted octanol–water partition coefficient (Wildman–Crippen LogP) is 0.933. The highest BCUT2D eigenvalue weighted by Crippen LogP contribution is 2.23. The van der Waals surface area contributed by atoms with Crippen LogP contribution in [0.15, 0.2) is 18.3 Å². The van der Waals surface area contributed by atoms with Crippen molar-refractivity contribution in [2.75, 3.05) is 12.4 Å². The number of sulfone groups is 1. The standard InChI is InChI=1S/C14H19N3O3S/c18-8-6-13-16-12-5-3-7-15-14(12)17(13)10-11-4-1-2-9-21(11,19)20/h3,5,7,11,18H,1-2,4,6,8-10H2. The lowest BCUT2D eigenvalue weighted by Gasteiger charge is -2.23. The fourth-order valence-corrected chi connectivity index (χ4v) is 4.76. The summed E-state index contributed by atoms with van der Waals surface area (Å²) in [5.41, 5.74) is 1.44. The molecular weight excluding hydrogens is 290 g/mol. The molecule has 2 aromatic heterocycles. The van der Waals surface area contributed by atoms with Crippen LogP contribution in [0.5, 0.6) is 0 Å². The number of imidazole rings is 1. The zero-order valence-electron chi connectivity index (χ0n) is 11.8. The van der Waals surface area contributed by atoms with Gasteiger partial charge in [0.25, 0.3) is 0 Å². The molecule has 1 fully saturated rings. The molecule has 0 spiro atoms. The Morgan fingerprint density at radius 1 is 1.38 bits per heavy atom. The van der Waals surface area contributed by atoms with E-state index in [0.29, 0.717) is 30.9 Å². The third-order valence-electron chi connectivity index (χ3n) is 4.02. The molecular formula is C14H19N3O3S. The summed E-state index contributed by atoms with van der Waals surface area (Å²) in [6, 6.07) is 3.66. The van der Waals surface area contributed by atoms with Gasteiger partial charge in [0, 0.05) is 19.2 Å². The van der Waals surface area contributed by atoms with Crippen LogP contribution in [0.1, 0.15) is 25.1 Å². The second-order valence-electron chi connectivity index (χ2n) is 5.44. The minimum Gasteiger partial charge on any atom is -0.396 e. The van der Waals surface area contributed by atoms with E-state index in [9.17, 15) is 13.5 Å². The number of pyridine rings is 1. The third-order valence-corrected chi connectivity index (χ3v) is 6.28. The van der Waals surface area contributed by atoms with Gasteiger partial charge >= 0.3 is 0 Å². The summed E-state index contributed by atoms with van der Waals surface area (Å²) in [5, 5.41) is 8.81. The first-order valence-corrected chi connectivity index (χ1v) is 8.96. The molecule has 1 saturated heterocycles. The van der Waals surface area contributed by atoms with Crippen LogP contribution in [0.4, 0.5) is 0 Å². The van der Waals surface area contributed by atoms with Crippen LogP contribution in [0.25, 0.3) is 11.2 Å². The van der Waals surface area contributed by atoms with E-state index in [2.05, 4.69) is 9.97 Å². The van der Waals surface area contributed by atoms with Gasteiger partial charge in [-0.3, -0.25) is 0 Å². The molecule has 0 saturated carbocycles. The summed E-state index contributed by atoms with van der Waals surface area (Å²) < 4.78 is 26.3. The van der Waals surface area contributed by atoms with Crippen LogP contribution < -0.4 is 0 Å². The molecule has 114 valence electrons. The molecule has 1 N–H and O–H groups in total. The molecule has 3 rings (SSSR count). The maximum atomic E-state index is 12.2. The Hall–Kier alpha value is -1.47. The molecule has 2 aromatic rings. The second-order valence-corrected chi connectivity index (χ2v) is 7.84. The maximum absolute atomic E-state index is 12.2. The highest BCUT2D eigenvalue weighted by atomic mass is 32.2. The zero-order valence-corrected chi connectivity index (χ0v) is 12.6. The SMILES string of the molecule is O=S1(=O)CCCCC1Cn1c(CCO)nc2cccnc21. The van der Waals surface area contributed by atoms with Crippen LogP contribution in [0.2, 0.25) is 0 Å². The first-order chi connectivity index (χ1) is 10.1. The van der Waals surface area contributed by atoms with E-state index in [4.69, 9.17) is 0 Å². The summed E-state index contributed by atoms with van der Waals surface area (Å²) >= 11 is 0. The van der Waals surface area contributed by atoms with E-state index in [0.717, 1.165) is 18.4 Å². The summed E-state index contributed by atoms with van der Waals surface area (Å²) in [7, 11) is -3.04. The van der Waals surface area contributed by atoms with Crippen molar-refractivity contribution in [3.63, 3.8) is 0 Å². The van der Waals surface area contributed by atoms with Gasteiger partial charge in [-0.15, -0.1) is 0 Å². The number of aliphatic hydroxyl groups excluding tert-OH is 1. The summed E-state index contributed by atoms with van der Waals surface area (Å²) in [5.74, 6) is 0.972. The van der Waals surface area contributed by atoms with Gasteiger partial charge in [0.15, 0.2) is 15.5 Å². The Bertz CT molecular complexity index is 739. The molecule has 21 heavy (non-hydrogen) atoms. The average molecular weight is 309 g/mol. The van der Waals surface area contributed by atoms with Gasteiger partial charge in [0.1, 0.15) is 11.3 Å². The summed E-state index contributed by atoms with van der Waals surface area (Å²) in [4.78, 5) is 8.78. The molecule has 1 aliphatic heterocycles. The van der Waals surface area contributed by atoms with Gasteiger partial charge in [0.05, 0.1) is 17.6 Å². The third kappa shape index (κ3) is 2.80. The normalized spacial score (nSPS) is 21.7. The zero-order chi connectivity index (χ0) is 14.9. The molecule has 1 aliphatic rings. The number of fused-ring (bicyclic) bond motifs is 1. The number of rotatable bonds is 4. The van der Waals surface area contributed by atoms with Gasteiger partial charge in [-0.2, -0.15) is 0 Å². The van der Waals surface area contributed by atoms with Crippen molar-refractivity contribution in [2.45, 2.75) is 37.5 Å². The lowest BCUT2D eigenvalue weighted by molar-refractivity contribution is 0.294. The molecule has 3 heterocycles. The molecule has 0 aliphatic carbocycles. The minimum absolute atomic E-state index is 0.0132. The molecule has 7 heteroatoms. The number of hydrogen-bond acceptors (Lipinski definition) is 5. The van der Waals surface area contributed by atoms with Gasteiger partial charge in [0.2, 0.25) is 0 Å². The molecule has 0 radical (unpaired) electrons. The van der Waals surface area contributed by atoms with Crippen LogP contribution in [-0.2, 0) is 22.8 Å². The monoisotopic (exact) mass is 309 g/mol. The van der Waals surface area contributed by atoms with E-state index in [1.54, 1.807) is 12.3 Å². The number of aliphatic hydroxyl groups is 1. The quantitative estimate of drug-likeness (QED) is 0.908. The van der Waals surface area contributed by atoms with Gasteiger partial charge < -0.3 is 9.67 Å². The Morgan fingerprint density at radius 3 is 3.00 bits per heavy atom. The van der Waals surface area contributed by atoms with E-state index < -0.39 is 9.84 Å². The minimum atomic E-state index is -3.04. The van der Waals surface area contributed by atoms with Crippen molar-refractivity contribution in [1.82, 2.24) is 14.5 Å². The number of hydrogen-bond donors (Lipinski definition) is 1. The maximum Gasteiger partial charge on any atom is 0.160 e. The Labute approximate surface area is 123 Å². The smallest absolute Gasteiger partial charge is 0.160 e. The lowest BCUT2D eigenvalue weighted by atomic mass is 10.2. The van der Waals surface area contributed by atoms with Crippen molar-refractivity contribution in [3.05, 3.63) is 24.2 Å². The van der Waals surface area contributed by atoms with Crippen LogP contribution >= 0.6 is 0 Å². The predicted molar refractivity (Wildman–Crippen MR) is 79.7 cm³/mol. The summed E-state index contributed by atoms with van der Waals surface area (Å²) in [6.45, 7) is 0.367. The largest absolute Gasteiger partial charge is 0.396 e. The van der Waals surface area contributed by atoms with Crippen molar-refractivity contribution >= 4 is 21.0 Å². The highest BCUT2D eigenvalue weighted by molar-refractivity contribution is 7.92. The molecule has 6 nitrogen and oxygen atoms in total. The van der Waals surface area contributed by atoms with Crippen molar-refractivity contribution < 1.29 is 13.5 Å². The fraction of sp³-hybridized carbons (Fsp3) is 0.571. The van der Waals surface area contributed by atoms with E-state index in [-0.39, 0.29) is 17.6 Å². The Balaban J connectivity index is 2.00. The van der Waals surface area contributed by atoms with E-state index >= 15 is 0 Å². The summed E-state index contributed by atoms with van der Waals surface area (Å²) in [6.07, 6.45) is 4.47. The molecule has 0 aromatic carbocycles. The number of nitrogens with zero attached hydrogens (tertiary/aromatic N) is 3. The average Bonchev–Trinajstić information content (AvgIpc) is 2.79. The van der Waals surface area contributed by atoms with Gasteiger partial charge in [-0.05, 0) is 25.0 Å². The van der Waals surface area contributed by atoms with Crippen LogP contribution in [-0.4, -0.2) is 45.7 Å². The highest BCUT2D eigenvalue weighted by Gasteiger charge is 2.30. The van der Waals surface area contributed by atoms with Crippen molar-refractivity contribution in [3.8, 4) is 0 Å². The second kappa shape index (κ2) is 5.73. The molecule has 1 unspecified atom stereocenters. The Morgan fingerprint density at radius 2 is 2.24 bits per heavy atom. The van der Waals surface area contributed by atoms with Crippen LogP contribution in [0.3, 0.4) is 0 Å². The fourth-order valence-electron chi connectivity index (χ4n) is 2.92. The first kappa shape index (κ1) is 14.5. The molecule has 1 atom stereocenters. The van der Waals surface area contributed by atoms with Crippen molar-refractivity contribution in [1.29, 1.82) is 0 Å². The van der Waals surface area contributed by atoms with E-state index in [1.807, 2.05) is 10.6 Å². The van der Waals surface area contributed by atoms with E-state index in [1.165, 1.54) is 0 Å². The molecule has 0 bridgehead atoms. The van der Waals surface area contributed by atoms with Crippen LogP contribution in [0, 0.1) is 0 Å². The van der Waals surface area contributed by atoms with Gasteiger partial charge in [-0.1, -0.05) is 6.42 Å². The lowest BCUT2D eigenvalue weighted by Crippen LogP contribution is -2.32. The first-order valence-electron chi connectivity index (χ1n) is 7.24. The number of aromatic nitrogens is 3. The van der Waals surface area contributed by atoms with Gasteiger partial charge in [-0.25, -0.2) is 18.4 Å². The van der Waals surface area contributed by atoms with Crippen molar-refractivity contribution in [2.24, 2.45) is 0 Å². The topological polar surface area (TPSA) is 85.1 Å².